The van der Waals surface area contributed by atoms with Crippen molar-refractivity contribution in [2.45, 2.75) is 35.8 Å². The number of alkyl halides is 13. The molecule has 0 aromatic carbocycles. The molecule has 0 aliphatic heterocycles. The molecule has 0 atom stereocenters. The summed E-state index contributed by atoms with van der Waals surface area (Å²) in [5.41, 5.74) is -2.44. The highest BCUT2D eigenvalue weighted by Gasteiger charge is 2.91. The van der Waals surface area contributed by atoms with Crippen LogP contribution in [0, 0.1) is 0 Å². The van der Waals surface area contributed by atoms with Crippen LogP contribution in [0.4, 0.5) is 61.9 Å². The molecule has 0 saturated carbocycles. The van der Waals surface area contributed by atoms with Crippen LogP contribution in [0.15, 0.2) is 18.3 Å². The molecule has 0 N–H and O–H groups in total. The summed E-state index contributed by atoms with van der Waals surface area (Å²) in [6.07, 6.45) is -9.17. The van der Waals surface area contributed by atoms with Gasteiger partial charge >= 0.3 is 41.9 Å². The lowest BCUT2D eigenvalue weighted by molar-refractivity contribution is -0.442. The Morgan fingerprint density at radius 2 is 1.21 bits per heavy atom. The highest BCUT2D eigenvalue weighted by atomic mass is 19.4. The number of aromatic nitrogens is 1. The number of nitrogens with zero attached hydrogens (tertiary/aromatic N) is 1. The van der Waals surface area contributed by atoms with Crippen LogP contribution in [0.3, 0.4) is 0 Å². The average molecular weight is 443 g/mol. The molecule has 0 aliphatic rings. The predicted octanol–water partition coefficient (Wildman–Crippen LogP) is 5.30. The zero-order valence-corrected chi connectivity index (χ0v) is 12.9. The van der Waals surface area contributed by atoms with E-state index in [9.17, 15) is 61.9 Å². The Balaban J connectivity index is 3.63. The van der Waals surface area contributed by atoms with Crippen LogP contribution in [0.1, 0.15) is 5.69 Å². The van der Waals surface area contributed by atoms with Gasteiger partial charge in [0.2, 0.25) is 0 Å². The summed E-state index contributed by atoms with van der Waals surface area (Å²) in [4.78, 5) is 11.2. The lowest BCUT2D eigenvalue weighted by Crippen LogP contribution is -2.69. The smallest absolute Gasteiger partial charge is 0.452 e. The van der Waals surface area contributed by atoms with Gasteiger partial charge in [-0.25, -0.2) is 4.79 Å². The van der Waals surface area contributed by atoms with Gasteiger partial charge < -0.3 is 4.74 Å². The largest absolute Gasteiger partial charge is 0.460 e. The van der Waals surface area contributed by atoms with Gasteiger partial charge in [0.1, 0.15) is 5.69 Å². The van der Waals surface area contributed by atoms with E-state index in [-0.39, 0.29) is 12.3 Å². The molecule has 0 fully saturated rings. The minimum absolute atomic E-state index is 0.166. The van der Waals surface area contributed by atoms with Crippen molar-refractivity contribution in [3.05, 3.63) is 24.0 Å². The summed E-state index contributed by atoms with van der Waals surface area (Å²) in [5, 5.41) is 0. The first kappa shape index (κ1) is 23.9. The number of rotatable bonds is 5. The number of hydrogen-bond donors (Lipinski definition) is 0. The van der Waals surface area contributed by atoms with Crippen molar-refractivity contribution >= 4 is 6.09 Å². The molecule has 16 heteroatoms. The van der Waals surface area contributed by atoms with Crippen LogP contribution in [0.25, 0.3) is 0 Å². The number of hydrogen-bond acceptors (Lipinski definition) is 2. The topological polar surface area (TPSA) is 31.2 Å². The minimum atomic E-state index is -8.01. The molecule has 0 amide bonds. The Morgan fingerprint density at radius 3 is 1.61 bits per heavy atom. The van der Waals surface area contributed by atoms with Gasteiger partial charge in [0, 0.05) is 6.20 Å². The van der Waals surface area contributed by atoms with Crippen molar-refractivity contribution < 1.29 is 66.6 Å². The first-order chi connectivity index (χ1) is 12.2. The molecule has 0 spiro atoms. The van der Waals surface area contributed by atoms with Crippen LogP contribution >= 0.6 is 0 Å². The Kier molecular flexibility index (Phi) is 5.49. The van der Waals surface area contributed by atoms with Crippen molar-refractivity contribution in [1.82, 2.24) is 4.57 Å². The maximum atomic E-state index is 13.9. The van der Waals surface area contributed by atoms with Crippen LogP contribution in [-0.2, 0) is 10.7 Å². The maximum Gasteiger partial charge on any atom is 0.460 e. The molecule has 0 saturated heterocycles. The maximum absolute atomic E-state index is 13.9. The molecular formula is C12H6F13NO2. The Morgan fingerprint density at radius 1 is 0.786 bits per heavy atom. The van der Waals surface area contributed by atoms with Gasteiger partial charge in [0.05, 0.1) is 7.11 Å². The van der Waals surface area contributed by atoms with E-state index in [0.717, 1.165) is 0 Å². The second kappa shape index (κ2) is 6.43. The van der Waals surface area contributed by atoms with E-state index < -0.39 is 52.1 Å². The molecule has 28 heavy (non-hydrogen) atoms. The minimum Gasteiger partial charge on any atom is -0.452 e. The summed E-state index contributed by atoms with van der Waals surface area (Å²) < 4.78 is 173. The second-order valence-electron chi connectivity index (χ2n) is 5.10. The van der Waals surface area contributed by atoms with Crippen molar-refractivity contribution in [2.75, 3.05) is 7.11 Å². The Bertz CT molecular complexity index is 734. The third-order valence-electron chi connectivity index (χ3n) is 3.38. The number of carbonyl (C=O) groups is 1. The van der Waals surface area contributed by atoms with Gasteiger partial charge in [-0.15, -0.1) is 0 Å². The quantitative estimate of drug-likeness (QED) is 0.579. The zero-order chi connectivity index (χ0) is 22.6. The van der Waals surface area contributed by atoms with Crippen molar-refractivity contribution in [3.63, 3.8) is 0 Å². The van der Waals surface area contributed by atoms with Crippen LogP contribution in [-0.4, -0.2) is 47.6 Å². The second-order valence-corrected chi connectivity index (χ2v) is 5.10. The average Bonchev–Trinajstić information content (AvgIpc) is 3.02. The molecule has 162 valence electrons. The highest BCUT2D eigenvalue weighted by molar-refractivity contribution is 5.71. The van der Waals surface area contributed by atoms with Gasteiger partial charge in [-0.3, -0.25) is 4.57 Å². The van der Waals surface area contributed by atoms with E-state index in [0.29, 0.717) is 13.2 Å². The lowest BCUT2D eigenvalue weighted by atomic mass is 9.92. The molecule has 3 nitrogen and oxygen atoms in total. The fourth-order valence-electron chi connectivity index (χ4n) is 1.82. The molecule has 1 aromatic rings. The summed E-state index contributed by atoms with van der Waals surface area (Å²) in [6.45, 7) is 0. The number of carbonyl (C=O) groups excluding carboxylic acids is 1. The van der Waals surface area contributed by atoms with Gasteiger partial charge in [-0.2, -0.15) is 57.1 Å². The van der Waals surface area contributed by atoms with Gasteiger partial charge in [-0.05, 0) is 12.1 Å². The third-order valence-corrected chi connectivity index (χ3v) is 3.38. The van der Waals surface area contributed by atoms with Crippen molar-refractivity contribution in [1.29, 1.82) is 0 Å². The van der Waals surface area contributed by atoms with E-state index in [1.807, 2.05) is 0 Å². The van der Waals surface area contributed by atoms with E-state index in [1.54, 1.807) is 0 Å². The van der Waals surface area contributed by atoms with E-state index in [1.165, 1.54) is 0 Å². The van der Waals surface area contributed by atoms with Gasteiger partial charge in [0.25, 0.3) is 0 Å². The number of ether oxygens (including phenoxy) is 1. The first-order valence-electron chi connectivity index (χ1n) is 6.43. The first-order valence-corrected chi connectivity index (χ1v) is 6.43. The summed E-state index contributed by atoms with van der Waals surface area (Å²) in [5.74, 6) is -37.8. The molecule has 0 bridgehead atoms. The van der Waals surface area contributed by atoms with Crippen molar-refractivity contribution in [3.8, 4) is 0 Å². The molecule has 1 aromatic heterocycles. The number of methoxy groups -OCH3 is 1. The van der Waals surface area contributed by atoms with E-state index >= 15 is 0 Å². The number of halogens is 13. The molecular weight excluding hydrogens is 437 g/mol. The summed E-state index contributed by atoms with van der Waals surface area (Å²) >= 11 is 0. The normalized spacial score (nSPS) is 14.9. The Hall–Kier alpha value is -2.16. The predicted molar refractivity (Wildman–Crippen MR) is 62.0 cm³/mol. The Labute approximate surface area is 145 Å². The van der Waals surface area contributed by atoms with Crippen LogP contribution in [0.2, 0.25) is 0 Å². The van der Waals surface area contributed by atoms with Gasteiger partial charge in [0.15, 0.2) is 0 Å². The van der Waals surface area contributed by atoms with E-state index in [2.05, 4.69) is 4.74 Å². The molecule has 1 heterocycles. The standard InChI is InChI=1S/C12H6F13NO2/c1-28-6(27)26-4-2-3-5(26)7(13,14)8(15,16)9(17,18)10(19,20)11(21,22)12(23,24)25/h2-4H,1H3. The molecule has 0 aliphatic carbocycles. The molecule has 1 rings (SSSR count). The third kappa shape index (κ3) is 2.96. The van der Waals surface area contributed by atoms with Gasteiger partial charge in [-0.1, -0.05) is 0 Å². The highest BCUT2D eigenvalue weighted by Crippen LogP contribution is 2.62. The lowest BCUT2D eigenvalue weighted by Gasteiger charge is -2.39. The molecule has 0 unspecified atom stereocenters. The fraction of sp³-hybridized carbons (Fsp3) is 0.583. The monoisotopic (exact) mass is 443 g/mol. The SMILES string of the molecule is COC(=O)n1cccc1C(F)(F)C(F)(F)C(F)(F)C(F)(F)C(F)(F)C(F)(F)F. The summed E-state index contributed by atoms with van der Waals surface area (Å²) in [6, 6.07) is 0.192. The van der Waals surface area contributed by atoms with Crippen LogP contribution in [0.5, 0.6) is 0 Å². The molecule has 0 radical (unpaired) electrons. The fourth-order valence-corrected chi connectivity index (χ4v) is 1.82. The summed E-state index contributed by atoms with van der Waals surface area (Å²) in [7, 11) is 0.509. The zero-order valence-electron chi connectivity index (χ0n) is 12.9. The van der Waals surface area contributed by atoms with Crippen molar-refractivity contribution in [2.24, 2.45) is 0 Å². The van der Waals surface area contributed by atoms with Crippen LogP contribution < -0.4 is 0 Å². The van der Waals surface area contributed by atoms with E-state index in [4.69, 9.17) is 0 Å².